The molecule has 0 aliphatic heterocycles. The largest absolute Gasteiger partial charge is 0.491 e. The molecule has 2 rings (SSSR count). The zero-order valence-electron chi connectivity index (χ0n) is 12.9. The van der Waals surface area contributed by atoms with E-state index in [4.69, 9.17) is 4.74 Å². The van der Waals surface area contributed by atoms with Crippen LogP contribution in [0.1, 0.15) is 39.2 Å². The van der Waals surface area contributed by atoms with Crippen molar-refractivity contribution in [2.24, 2.45) is 5.92 Å². The second-order valence-corrected chi connectivity index (χ2v) is 6.34. The van der Waals surface area contributed by atoms with Crippen molar-refractivity contribution in [3.05, 3.63) is 29.8 Å². The average Bonchev–Trinajstić information content (AvgIpc) is 3.28. The average molecular weight is 277 g/mol. The zero-order valence-corrected chi connectivity index (χ0v) is 12.9. The van der Waals surface area contributed by atoms with Crippen LogP contribution in [0.4, 0.5) is 0 Å². The van der Waals surface area contributed by atoms with Gasteiger partial charge in [-0.3, -0.25) is 0 Å². The fourth-order valence-corrected chi connectivity index (χ4v) is 2.44. The van der Waals surface area contributed by atoms with Crippen molar-refractivity contribution in [1.29, 1.82) is 0 Å². The van der Waals surface area contributed by atoms with Crippen LogP contribution >= 0.6 is 0 Å². The summed E-state index contributed by atoms with van der Waals surface area (Å²) in [5.41, 5.74) is 1.38. The van der Waals surface area contributed by atoms with Gasteiger partial charge in [0.05, 0.1) is 0 Å². The first-order chi connectivity index (χ1) is 9.51. The van der Waals surface area contributed by atoms with Crippen molar-refractivity contribution in [3.8, 4) is 5.75 Å². The molecule has 1 fully saturated rings. The van der Waals surface area contributed by atoms with E-state index in [2.05, 4.69) is 32.2 Å². The molecule has 112 valence electrons. The number of β-amino-alcohol motifs (C(OH)–C–C–N with tert-alkyl or cyclic N) is 1. The molecule has 20 heavy (non-hydrogen) atoms. The molecule has 1 unspecified atom stereocenters. The normalized spacial score (nSPS) is 17.0. The van der Waals surface area contributed by atoms with Gasteiger partial charge in [-0.25, -0.2) is 0 Å². The number of benzene rings is 1. The van der Waals surface area contributed by atoms with Crippen LogP contribution in [0.3, 0.4) is 0 Å². The minimum Gasteiger partial charge on any atom is -0.491 e. The van der Waals surface area contributed by atoms with Crippen molar-refractivity contribution in [2.75, 3.05) is 13.2 Å². The number of aliphatic hydroxyl groups excluding tert-OH is 1. The Morgan fingerprint density at radius 2 is 2.15 bits per heavy atom. The van der Waals surface area contributed by atoms with E-state index in [1.165, 1.54) is 18.4 Å². The fraction of sp³-hybridized carbons (Fsp3) is 0.647. The number of aryl methyl sites for hydroxylation is 1. The van der Waals surface area contributed by atoms with E-state index in [1.807, 2.05) is 18.2 Å². The van der Waals surface area contributed by atoms with Gasteiger partial charge in [0.15, 0.2) is 0 Å². The summed E-state index contributed by atoms with van der Waals surface area (Å²) in [5, 5.41) is 13.5. The maximum atomic E-state index is 10.0. The van der Waals surface area contributed by atoms with Crippen molar-refractivity contribution < 1.29 is 9.84 Å². The number of ether oxygens (including phenoxy) is 1. The third-order valence-corrected chi connectivity index (χ3v) is 4.14. The van der Waals surface area contributed by atoms with E-state index in [0.29, 0.717) is 13.2 Å². The van der Waals surface area contributed by atoms with E-state index in [-0.39, 0.29) is 5.54 Å². The molecule has 0 spiro atoms. The van der Waals surface area contributed by atoms with Gasteiger partial charge in [0.2, 0.25) is 0 Å². The minimum absolute atomic E-state index is 0.128. The Balaban J connectivity index is 1.72. The Labute approximate surface area is 122 Å². The fourth-order valence-electron chi connectivity index (χ4n) is 2.44. The zero-order chi connectivity index (χ0) is 14.6. The number of hydrogen-bond acceptors (Lipinski definition) is 3. The number of nitrogens with one attached hydrogen (secondary N) is 1. The lowest BCUT2D eigenvalue weighted by atomic mass is 9.98. The van der Waals surface area contributed by atoms with Crippen LogP contribution < -0.4 is 10.1 Å². The van der Waals surface area contributed by atoms with Gasteiger partial charge in [-0.15, -0.1) is 0 Å². The van der Waals surface area contributed by atoms with Crippen LogP contribution in [-0.4, -0.2) is 29.9 Å². The maximum Gasteiger partial charge on any atom is 0.119 e. The van der Waals surface area contributed by atoms with Gasteiger partial charge in [0.1, 0.15) is 18.5 Å². The summed E-state index contributed by atoms with van der Waals surface area (Å²) in [6.07, 6.45) is 3.13. The highest BCUT2D eigenvalue weighted by atomic mass is 16.5. The molecule has 0 amide bonds. The first-order valence-corrected chi connectivity index (χ1v) is 7.66. The third kappa shape index (κ3) is 4.50. The molecular weight excluding hydrogens is 250 g/mol. The molecule has 3 nitrogen and oxygen atoms in total. The SMILES string of the molecule is CCc1cccc(OCC(O)CNC(C)(C)C2CC2)c1. The van der Waals surface area contributed by atoms with Gasteiger partial charge in [-0.1, -0.05) is 19.1 Å². The van der Waals surface area contributed by atoms with Crippen LogP contribution in [0.5, 0.6) is 5.75 Å². The Kier molecular flexibility index (Phi) is 5.06. The molecule has 3 heteroatoms. The first kappa shape index (κ1) is 15.3. The highest BCUT2D eigenvalue weighted by molar-refractivity contribution is 5.28. The number of rotatable bonds is 8. The van der Waals surface area contributed by atoms with Gasteiger partial charge in [0.25, 0.3) is 0 Å². The molecule has 1 saturated carbocycles. The molecule has 1 atom stereocenters. The van der Waals surface area contributed by atoms with Crippen molar-refractivity contribution in [2.45, 2.75) is 51.7 Å². The molecule has 2 N–H and O–H groups in total. The summed E-state index contributed by atoms with van der Waals surface area (Å²) < 4.78 is 5.66. The molecule has 1 aromatic carbocycles. The predicted octanol–water partition coefficient (Wildman–Crippen LogP) is 2.77. The summed E-state index contributed by atoms with van der Waals surface area (Å²) in [6, 6.07) is 8.06. The van der Waals surface area contributed by atoms with E-state index in [9.17, 15) is 5.11 Å². The van der Waals surface area contributed by atoms with Gasteiger partial charge < -0.3 is 15.2 Å². The Morgan fingerprint density at radius 3 is 2.80 bits per heavy atom. The second kappa shape index (κ2) is 6.59. The van der Waals surface area contributed by atoms with Crippen LogP contribution in [0, 0.1) is 5.92 Å². The first-order valence-electron chi connectivity index (χ1n) is 7.66. The minimum atomic E-state index is -0.474. The molecule has 1 aromatic rings. The smallest absolute Gasteiger partial charge is 0.119 e. The third-order valence-electron chi connectivity index (χ3n) is 4.14. The van der Waals surface area contributed by atoms with Crippen molar-refractivity contribution >= 4 is 0 Å². The molecule has 0 saturated heterocycles. The second-order valence-electron chi connectivity index (χ2n) is 6.34. The summed E-state index contributed by atoms with van der Waals surface area (Å²) in [4.78, 5) is 0. The lowest BCUT2D eigenvalue weighted by molar-refractivity contribution is 0.0970. The number of hydrogen-bond donors (Lipinski definition) is 2. The van der Waals surface area contributed by atoms with Crippen LogP contribution in [-0.2, 0) is 6.42 Å². The van der Waals surface area contributed by atoms with Gasteiger partial charge in [0, 0.05) is 12.1 Å². The van der Waals surface area contributed by atoms with Gasteiger partial charge >= 0.3 is 0 Å². The van der Waals surface area contributed by atoms with Gasteiger partial charge in [-0.05, 0) is 56.7 Å². The highest BCUT2D eigenvalue weighted by Crippen LogP contribution is 2.39. The quantitative estimate of drug-likeness (QED) is 0.768. The standard InChI is InChI=1S/C17H27NO2/c1-4-13-6-5-7-16(10-13)20-12-15(19)11-18-17(2,3)14-8-9-14/h5-7,10,14-15,18-19H,4,8-9,11-12H2,1-3H3. The number of aliphatic hydroxyl groups is 1. The van der Waals surface area contributed by atoms with E-state index >= 15 is 0 Å². The summed E-state index contributed by atoms with van der Waals surface area (Å²) in [5.74, 6) is 1.60. The van der Waals surface area contributed by atoms with Gasteiger partial charge in [-0.2, -0.15) is 0 Å². The van der Waals surface area contributed by atoms with E-state index in [0.717, 1.165) is 18.1 Å². The van der Waals surface area contributed by atoms with Crippen LogP contribution in [0.15, 0.2) is 24.3 Å². The van der Waals surface area contributed by atoms with Crippen molar-refractivity contribution in [3.63, 3.8) is 0 Å². The summed E-state index contributed by atoms with van der Waals surface area (Å²) in [7, 11) is 0. The Morgan fingerprint density at radius 1 is 1.40 bits per heavy atom. The topological polar surface area (TPSA) is 41.5 Å². The molecule has 0 bridgehead atoms. The monoisotopic (exact) mass is 277 g/mol. The molecule has 1 aliphatic carbocycles. The Hall–Kier alpha value is -1.06. The molecule has 0 radical (unpaired) electrons. The lowest BCUT2D eigenvalue weighted by Gasteiger charge is -2.27. The summed E-state index contributed by atoms with van der Waals surface area (Å²) >= 11 is 0. The van der Waals surface area contributed by atoms with Crippen LogP contribution in [0.2, 0.25) is 0 Å². The molecule has 0 aromatic heterocycles. The molecular formula is C17H27NO2. The summed E-state index contributed by atoms with van der Waals surface area (Å²) in [6.45, 7) is 7.46. The highest BCUT2D eigenvalue weighted by Gasteiger charge is 2.37. The lowest BCUT2D eigenvalue weighted by Crippen LogP contribution is -2.46. The molecule has 1 aliphatic rings. The van der Waals surface area contributed by atoms with E-state index < -0.39 is 6.10 Å². The van der Waals surface area contributed by atoms with Crippen molar-refractivity contribution in [1.82, 2.24) is 5.32 Å². The molecule has 0 heterocycles. The maximum absolute atomic E-state index is 10.0. The van der Waals surface area contributed by atoms with Crippen LogP contribution in [0.25, 0.3) is 0 Å². The Bertz CT molecular complexity index is 427. The van der Waals surface area contributed by atoms with E-state index in [1.54, 1.807) is 0 Å². The predicted molar refractivity (Wildman–Crippen MR) is 82.1 cm³/mol.